The third-order valence-corrected chi connectivity index (χ3v) is 5.39. The summed E-state index contributed by atoms with van der Waals surface area (Å²) in [6.07, 6.45) is 0. The average molecular weight is 453 g/mol. The number of thioether (sulfide) groups is 1. The van der Waals surface area contributed by atoms with E-state index >= 15 is 0 Å². The summed E-state index contributed by atoms with van der Waals surface area (Å²) >= 11 is 7.15. The lowest BCUT2D eigenvalue weighted by Crippen LogP contribution is -2.15. The highest BCUT2D eigenvalue weighted by Crippen LogP contribution is 2.29. The maximum absolute atomic E-state index is 12.4. The van der Waals surface area contributed by atoms with Gasteiger partial charge in [-0.05, 0) is 56.2 Å². The molecule has 0 unspecified atom stereocenters. The van der Waals surface area contributed by atoms with E-state index in [1.165, 1.54) is 30.0 Å². The number of halogens is 3. The topological polar surface area (TPSA) is 69.0 Å². The summed E-state index contributed by atoms with van der Waals surface area (Å²) in [5, 5.41) is 11.6. The molecule has 0 spiro atoms. The molecule has 0 aliphatic heterocycles. The molecule has 3 rings (SSSR count). The lowest BCUT2D eigenvalue weighted by atomic mass is 10.1. The molecule has 30 heavy (non-hydrogen) atoms. The van der Waals surface area contributed by atoms with E-state index in [9.17, 15) is 13.6 Å². The first-order chi connectivity index (χ1) is 14.2. The number of aryl methyl sites for hydroxylation is 3. The zero-order valence-corrected chi connectivity index (χ0v) is 18.0. The van der Waals surface area contributed by atoms with Gasteiger partial charge in [0.1, 0.15) is 11.6 Å². The maximum Gasteiger partial charge on any atom is 0.387 e. The van der Waals surface area contributed by atoms with E-state index in [0.29, 0.717) is 16.7 Å². The third-order valence-electron chi connectivity index (χ3n) is 4.16. The molecule has 1 aromatic heterocycles. The number of ether oxygens (including phenoxy) is 1. The normalized spacial score (nSPS) is 11.0. The number of amides is 1. The Hall–Kier alpha value is -2.65. The van der Waals surface area contributed by atoms with Crippen LogP contribution in [0.1, 0.15) is 17.0 Å². The monoisotopic (exact) mass is 452 g/mol. The number of rotatable bonds is 7. The van der Waals surface area contributed by atoms with Gasteiger partial charge in [0.25, 0.3) is 0 Å². The molecule has 0 bridgehead atoms. The summed E-state index contributed by atoms with van der Waals surface area (Å²) in [5.74, 6) is 0.339. The fourth-order valence-electron chi connectivity index (χ4n) is 2.77. The zero-order chi connectivity index (χ0) is 21.8. The number of alkyl halides is 2. The molecule has 10 heteroatoms. The first-order valence-corrected chi connectivity index (χ1v) is 10.3. The summed E-state index contributed by atoms with van der Waals surface area (Å²) in [6.45, 7) is 2.88. The SMILES string of the molecule is Cc1ccc(C)c(-n2c(C)nnc2SCC(=O)Nc2ccc(OC(F)F)c(Cl)c2)c1. The Bertz CT molecular complexity index is 1070. The minimum absolute atomic E-state index is 0.0222. The molecular formula is C20H19ClF2N4O2S. The number of carbonyl (C=O) groups is 1. The first kappa shape index (κ1) is 22.0. The van der Waals surface area contributed by atoms with Crippen LogP contribution in [0.25, 0.3) is 5.69 Å². The number of benzene rings is 2. The van der Waals surface area contributed by atoms with Gasteiger partial charge in [0.15, 0.2) is 5.16 Å². The fourth-order valence-corrected chi connectivity index (χ4v) is 3.79. The van der Waals surface area contributed by atoms with Gasteiger partial charge in [0, 0.05) is 5.69 Å². The lowest BCUT2D eigenvalue weighted by Gasteiger charge is -2.12. The van der Waals surface area contributed by atoms with E-state index in [-0.39, 0.29) is 22.4 Å². The molecule has 0 atom stereocenters. The van der Waals surface area contributed by atoms with E-state index in [1.807, 2.05) is 43.5 Å². The second kappa shape index (κ2) is 9.44. The Morgan fingerprint density at radius 1 is 1.20 bits per heavy atom. The number of nitrogens with zero attached hydrogens (tertiary/aromatic N) is 3. The van der Waals surface area contributed by atoms with E-state index in [2.05, 4.69) is 20.3 Å². The largest absolute Gasteiger partial charge is 0.433 e. The van der Waals surface area contributed by atoms with Crippen LogP contribution in [0, 0.1) is 20.8 Å². The van der Waals surface area contributed by atoms with Gasteiger partial charge in [-0.2, -0.15) is 8.78 Å². The van der Waals surface area contributed by atoms with Gasteiger partial charge in [-0.25, -0.2) is 0 Å². The lowest BCUT2D eigenvalue weighted by molar-refractivity contribution is -0.113. The van der Waals surface area contributed by atoms with Crippen molar-refractivity contribution in [3.8, 4) is 11.4 Å². The molecule has 0 saturated heterocycles. The van der Waals surface area contributed by atoms with E-state index in [1.54, 1.807) is 0 Å². The Balaban J connectivity index is 1.69. The molecule has 0 aliphatic carbocycles. The molecule has 6 nitrogen and oxygen atoms in total. The van der Waals surface area contributed by atoms with Crippen LogP contribution in [-0.2, 0) is 4.79 Å². The highest BCUT2D eigenvalue weighted by Gasteiger charge is 2.16. The highest BCUT2D eigenvalue weighted by molar-refractivity contribution is 7.99. The minimum Gasteiger partial charge on any atom is -0.433 e. The van der Waals surface area contributed by atoms with Crippen LogP contribution >= 0.6 is 23.4 Å². The van der Waals surface area contributed by atoms with Crippen LogP contribution < -0.4 is 10.1 Å². The smallest absolute Gasteiger partial charge is 0.387 e. The molecule has 3 aromatic rings. The second-order valence-corrected chi connectivity index (χ2v) is 7.87. The maximum atomic E-state index is 12.4. The van der Waals surface area contributed by atoms with E-state index in [4.69, 9.17) is 11.6 Å². The molecule has 2 aromatic carbocycles. The van der Waals surface area contributed by atoms with E-state index < -0.39 is 6.61 Å². The van der Waals surface area contributed by atoms with Crippen molar-refractivity contribution in [1.29, 1.82) is 0 Å². The van der Waals surface area contributed by atoms with Gasteiger partial charge in [-0.1, -0.05) is 35.5 Å². The quantitative estimate of drug-likeness (QED) is 0.500. The third kappa shape index (κ3) is 5.28. The van der Waals surface area contributed by atoms with Gasteiger partial charge in [-0.15, -0.1) is 10.2 Å². The molecule has 0 aliphatic rings. The van der Waals surface area contributed by atoms with Crippen molar-refractivity contribution in [3.05, 3.63) is 58.4 Å². The van der Waals surface area contributed by atoms with Crippen molar-refractivity contribution < 1.29 is 18.3 Å². The Labute approximate surface area is 181 Å². The van der Waals surface area contributed by atoms with Gasteiger partial charge in [0.2, 0.25) is 5.91 Å². The predicted molar refractivity (Wildman–Crippen MR) is 113 cm³/mol. The van der Waals surface area contributed by atoms with Crippen LogP contribution in [0.2, 0.25) is 5.02 Å². The number of aromatic nitrogens is 3. The van der Waals surface area contributed by atoms with Gasteiger partial charge in [-0.3, -0.25) is 9.36 Å². The van der Waals surface area contributed by atoms with Gasteiger partial charge >= 0.3 is 6.61 Å². The summed E-state index contributed by atoms with van der Waals surface area (Å²) < 4.78 is 30.8. The van der Waals surface area contributed by atoms with Crippen molar-refractivity contribution in [2.75, 3.05) is 11.1 Å². The fraction of sp³-hybridized carbons (Fsp3) is 0.250. The molecule has 1 amide bonds. The van der Waals surface area contributed by atoms with Crippen molar-refractivity contribution in [2.45, 2.75) is 32.5 Å². The van der Waals surface area contributed by atoms with Gasteiger partial charge in [0.05, 0.1) is 16.5 Å². The molecule has 1 N–H and O–H groups in total. The number of anilines is 1. The summed E-state index contributed by atoms with van der Waals surface area (Å²) in [4.78, 5) is 12.4. The molecular weight excluding hydrogens is 434 g/mol. The molecule has 0 saturated carbocycles. The summed E-state index contributed by atoms with van der Waals surface area (Å²) in [6, 6.07) is 10.2. The van der Waals surface area contributed by atoms with Crippen LogP contribution in [0.4, 0.5) is 14.5 Å². The van der Waals surface area contributed by atoms with Crippen molar-refractivity contribution in [2.24, 2.45) is 0 Å². The Morgan fingerprint density at radius 2 is 1.97 bits per heavy atom. The Morgan fingerprint density at radius 3 is 2.67 bits per heavy atom. The predicted octanol–water partition coefficient (Wildman–Crippen LogP) is 5.18. The van der Waals surface area contributed by atoms with Crippen molar-refractivity contribution in [3.63, 3.8) is 0 Å². The number of hydrogen-bond donors (Lipinski definition) is 1. The highest BCUT2D eigenvalue weighted by atomic mass is 35.5. The minimum atomic E-state index is -2.97. The zero-order valence-electron chi connectivity index (χ0n) is 16.4. The van der Waals surface area contributed by atoms with Crippen LogP contribution in [0.15, 0.2) is 41.6 Å². The summed E-state index contributed by atoms with van der Waals surface area (Å²) in [5.41, 5.74) is 3.50. The number of nitrogens with one attached hydrogen (secondary N) is 1. The van der Waals surface area contributed by atoms with Crippen LogP contribution in [-0.4, -0.2) is 33.0 Å². The van der Waals surface area contributed by atoms with Crippen molar-refractivity contribution >= 4 is 35.0 Å². The Kier molecular flexibility index (Phi) is 6.94. The molecule has 0 fully saturated rings. The summed E-state index contributed by atoms with van der Waals surface area (Å²) in [7, 11) is 0. The van der Waals surface area contributed by atoms with Crippen molar-refractivity contribution in [1.82, 2.24) is 14.8 Å². The molecule has 1 heterocycles. The van der Waals surface area contributed by atoms with Crippen LogP contribution in [0.5, 0.6) is 5.75 Å². The first-order valence-electron chi connectivity index (χ1n) is 8.91. The number of hydrogen-bond acceptors (Lipinski definition) is 5. The standard InChI is InChI=1S/C20H19ClF2N4O2S/c1-11-4-5-12(2)16(8-11)27-13(3)25-26-20(27)30-10-18(28)24-14-6-7-17(15(21)9-14)29-19(22)23/h4-9,19H,10H2,1-3H3,(H,24,28). The second-order valence-electron chi connectivity index (χ2n) is 6.52. The van der Waals surface area contributed by atoms with E-state index in [0.717, 1.165) is 16.8 Å². The van der Waals surface area contributed by atoms with Crippen LogP contribution in [0.3, 0.4) is 0 Å². The molecule has 158 valence electrons. The number of carbonyl (C=O) groups excluding carboxylic acids is 1. The average Bonchev–Trinajstić information content (AvgIpc) is 3.04. The van der Waals surface area contributed by atoms with Gasteiger partial charge < -0.3 is 10.1 Å². The molecule has 0 radical (unpaired) electrons.